The molecule has 2 aromatic rings. The fourth-order valence-electron chi connectivity index (χ4n) is 1.72. The average Bonchev–Trinajstić information content (AvgIpc) is 2.42. The highest BCUT2D eigenvalue weighted by atomic mass is 127. The van der Waals surface area contributed by atoms with Gasteiger partial charge in [-0.1, -0.05) is 37.3 Å². The van der Waals surface area contributed by atoms with E-state index in [0.717, 1.165) is 39.4 Å². The third-order valence-corrected chi connectivity index (χ3v) is 3.63. The molecule has 1 aromatic carbocycles. The molecule has 1 heterocycles. The van der Waals surface area contributed by atoms with Gasteiger partial charge >= 0.3 is 0 Å². The van der Waals surface area contributed by atoms with E-state index in [1.54, 1.807) is 0 Å². The smallest absolute Gasteiger partial charge is 0.143 e. The van der Waals surface area contributed by atoms with Crippen molar-refractivity contribution in [2.45, 2.75) is 20.3 Å². The second kappa shape index (κ2) is 6.13. The highest BCUT2D eigenvalue weighted by Gasteiger charge is 2.12. The number of hydrogen-bond acceptors (Lipinski definition) is 3. The molecule has 1 aromatic heterocycles. The molecule has 0 radical (unpaired) electrons. The van der Waals surface area contributed by atoms with Gasteiger partial charge in [-0.05, 0) is 29.5 Å². The van der Waals surface area contributed by atoms with E-state index in [1.807, 2.05) is 18.2 Å². The Hall–Kier alpha value is -1.17. The van der Waals surface area contributed by atoms with E-state index in [2.05, 4.69) is 63.9 Å². The zero-order valence-corrected chi connectivity index (χ0v) is 12.7. The van der Waals surface area contributed by atoms with E-state index >= 15 is 0 Å². The number of anilines is 1. The fourth-order valence-corrected chi connectivity index (χ4v) is 2.47. The van der Waals surface area contributed by atoms with Crippen molar-refractivity contribution in [2.24, 2.45) is 0 Å². The van der Waals surface area contributed by atoms with Crippen LogP contribution in [0.3, 0.4) is 0 Å². The summed E-state index contributed by atoms with van der Waals surface area (Å²) >= 11 is 2.31. The minimum atomic E-state index is 0.842. The summed E-state index contributed by atoms with van der Waals surface area (Å²) in [5, 5.41) is 3.30. The van der Waals surface area contributed by atoms with Crippen LogP contribution < -0.4 is 5.32 Å². The molecule has 1 N–H and O–H groups in total. The molecule has 0 saturated heterocycles. The van der Waals surface area contributed by atoms with Crippen LogP contribution in [0.5, 0.6) is 0 Å². The van der Waals surface area contributed by atoms with Crippen LogP contribution in [-0.4, -0.2) is 16.5 Å². The van der Waals surface area contributed by atoms with Gasteiger partial charge in [0.2, 0.25) is 0 Å². The number of aryl methyl sites for hydroxylation is 1. The Balaban J connectivity index is 2.55. The summed E-state index contributed by atoms with van der Waals surface area (Å²) in [5.74, 6) is 1.81. The number of nitrogens with one attached hydrogen (secondary N) is 1. The van der Waals surface area contributed by atoms with Crippen LogP contribution in [0.2, 0.25) is 0 Å². The average molecular weight is 353 g/mol. The monoisotopic (exact) mass is 353 g/mol. The quantitative estimate of drug-likeness (QED) is 0.851. The first-order valence-corrected chi connectivity index (χ1v) is 7.19. The number of rotatable bonds is 4. The first-order valence-electron chi connectivity index (χ1n) is 6.12. The second-order valence-corrected chi connectivity index (χ2v) is 4.98. The Morgan fingerprint density at radius 2 is 1.83 bits per heavy atom. The van der Waals surface area contributed by atoms with Gasteiger partial charge in [0.1, 0.15) is 11.6 Å². The molecule has 0 aliphatic rings. The highest BCUT2D eigenvalue weighted by molar-refractivity contribution is 14.1. The minimum Gasteiger partial charge on any atom is -0.369 e. The number of benzene rings is 1. The van der Waals surface area contributed by atoms with E-state index < -0.39 is 0 Å². The maximum atomic E-state index is 4.65. The molecule has 0 unspecified atom stereocenters. The lowest BCUT2D eigenvalue weighted by atomic mass is 10.1. The summed E-state index contributed by atoms with van der Waals surface area (Å²) in [6, 6.07) is 10.3. The first kappa shape index (κ1) is 13.3. The predicted molar refractivity (Wildman–Crippen MR) is 83.7 cm³/mol. The topological polar surface area (TPSA) is 37.8 Å². The van der Waals surface area contributed by atoms with Crippen LogP contribution in [0.25, 0.3) is 11.3 Å². The molecule has 2 rings (SSSR count). The normalized spacial score (nSPS) is 10.4. The van der Waals surface area contributed by atoms with Crippen LogP contribution in [0, 0.1) is 3.57 Å². The maximum Gasteiger partial charge on any atom is 0.143 e. The van der Waals surface area contributed by atoms with Crippen LogP contribution in [-0.2, 0) is 6.42 Å². The molecule has 0 aliphatic carbocycles. The summed E-state index contributed by atoms with van der Waals surface area (Å²) in [7, 11) is 0. The van der Waals surface area contributed by atoms with E-state index in [-0.39, 0.29) is 0 Å². The summed E-state index contributed by atoms with van der Waals surface area (Å²) in [4.78, 5) is 9.18. The zero-order valence-electron chi connectivity index (χ0n) is 10.6. The Bertz CT molecular complexity index is 526. The Kier molecular flexibility index (Phi) is 4.52. The third-order valence-electron chi connectivity index (χ3n) is 2.61. The molecule has 0 amide bonds. The van der Waals surface area contributed by atoms with Crippen molar-refractivity contribution in [1.29, 1.82) is 0 Å². The molecule has 18 heavy (non-hydrogen) atoms. The zero-order chi connectivity index (χ0) is 13.0. The van der Waals surface area contributed by atoms with Crippen molar-refractivity contribution in [3.63, 3.8) is 0 Å². The lowest BCUT2D eigenvalue weighted by molar-refractivity contribution is 0.934. The molecule has 94 valence electrons. The van der Waals surface area contributed by atoms with E-state index in [1.165, 1.54) is 0 Å². The van der Waals surface area contributed by atoms with Crippen LogP contribution >= 0.6 is 22.6 Å². The number of aromatic nitrogens is 2. The molecular weight excluding hydrogens is 337 g/mol. The molecule has 0 spiro atoms. The van der Waals surface area contributed by atoms with Crippen LogP contribution in [0.15, 0.2) is 30.3 Å². The lowest BCUT2D eigenvalue weighted by Crippen LogP contribution is -2.07. The predicted octanol–water partition coefficient (Wildman–Crippen LogP) is 3.74. The van der Waals surface area contributed by atoms with E-state index in [9.17, 15) is 0 Å². The maximum absolute atomic E-state index is 4.65. The van der Waals surface area contributed by atoms with E-state index in [0.29, 0.717) is 0 Å². The van der Waals surface area contributed by atoms with Gasteiger partial charge in [-0.3, -0.25) is 0 Å². The molecule has 0 bridgehead atoms. The van der Waals surface area contributed by atoms with Crippen molar-refractivity contribution in [1.82, 2.24) is 9.97 Å². The Morgan fingerprint density at radius 1 is 1.11 bits per heavy atom. The van der Waals surface area contributed by atoms with Gasteiger partial charge in [0.25, 0.3) is 0 Å². The number of hydrogen-bond donors (Lipinski definition) is 1. The molecular formula is C14H16IN3. The number of halogens is 1. The van der Waals surface area contributed by atoms with Gasteiger partial charge in [0, 0.05) is 18.5 Å². The van der Waals surface area contributed by atoms with Gasteiger partial charge in [0.15, 0.2) is 0 Å². The summed E-state index contributed by atoms with van der Waals surface area (Å²) in [6.45, 7) is 5.02. The second-order valence-electron chi connectivity index (χ2n) is 3.90. The van der Waals surface area contributed by atoms with Crippen molar-refractivity contribution in [3.8, 4) is 11.3 Å². The van der Waals surface area contributed by atoms with Crippen LogP contribution in [0.1, 0.15) is 19.7 Å². The van der Waals surface area contributed by atoms with Gasteiger partial charge in [-0.25, -0.2) is 9.97 Å². The summed E-state index contributed by atoms with van der Waals surface area (Å²) in [5.41, 5.74) is 2.15. The van der Waals surface area contributed by atoms with Gasteiger partial charge in [-0.15, -0.1) is 0 Å². The molecule has 3 nitrogen and oxygen atoms in total. The summed E-state index contributed by atoms with van der Waals surface area (Å²) < 4.78 is 1.08. The Morgan fingerprint density at radius 3 is 2.44 bits per heavy atom. The van der Waals surface area contributed by atoms with E-state index in [4.69, 9.17) is 0 Å². The van der Waals surface area contributed by atoms with Crippen molar-refractivity contribution < 1.29 is 0 Å². The first-order chi connectivity index (χ1) is 8.76. The largest absolute Gasteiger partial charge is 0.369 e. The molecule has 0 saturated carbocycles. The van der Waals surface area contributed by atoms with Crippen molar-refractivity contribution >= 4 is 28.4 Å². The van der Waals surface area contributed by atoms with Crippen molar-refractivity contribution in [2.75, 3.05) is 11.9 Å². The summed E-state index contributed by atoms with van der Waals surface area (Å²) in [6.07, 6.45) is 0.842. The lowest BCUT2D eigenvalue weighted by Gasteiger charge is -2.11. The highest BCUT2D eigenvalue weighted by Crippen LogP contribution is 2.27. The van der Waals surface area contributed by atoms with Crippen LogP contribution in [0.4, 0.5) is 5.82 Å². The molecule has 0 atom stereocenters. The molecule has 4 heteroatoms. The van der Waals surface area contributed by atoms with Gasteiger partial charge < -0.3 is 5.32 Å². The fraction of sp³-hybridized carbons (Fsp3) is 0.286. The molecule has 0 fully saturated rings. The molecule has 0 aliphatic heterocycles. The van der Waals surface area contributed by atoms with Gasteiger partial charge in [0.05, 0.1) is 9.26 Å². The Labute approximate surface area is 121 Å². The number of nitrogens with zero attached hydrogens (tertiary/aromatic N) is 2. The SMILES string of the molecule is CCNc1nc(CC)nc(-c2ccccc2)c1I. The van der Waals surface area contributed by atoms with Crippen molar-refractivity contribution in [3.05, 3.63) is 39.7 Å². The standard InChI is InChI=1S/C14H16IN3/c1-3-11-17-13(10-8-6-5-7-9-10)12(15)14(18-11)16-4-2/h5-9H,3-4H2,1-2H3,(H,16,17,18). The van der Waals surface area contributed by atoms with Gasteiger partial charge in [-0.2, -0.15) is 0 Å². The third kappa shape index (κ3) is 2.80. The minimum absolute atomic E-state index is 0.842.